The molecule has 3 aromatic rings. The van der Waals surface area contributed by atoms with Crippen molar-refractivity contribution in [2.24, 2.45) is 0 Å². The molecule has 27 heavy (non-hydrogen) atoms. The number of hydrogen-bond acceptors (Lipinski definition) is 6. The van der Waals surface area contributed by atoms with E-state index in [1.165, 1.54) is 6.33 Å². The van der Waals surface area contributed by atoms with E-state index in [4.69, 9.17) is 15.9 Å². The topological polar surface area (TPSA) is 103 Å². The van der Waals surface area contributed by atoms with Crippen LogP contribution in [0.4, 0.5) is 11.5 Å². The number of pyridine rings is 1. The van der Waals surface area contributed by atoms with Gasteiger partial charge in [0.25, 0.3) is 0 Å². The molecule has 3 heterocycles. The molecule has 0 aliphatic carbocycles. The Kier molecular flexibility index (Phi) is 4.76. The molecule has 1 aromatic carbocycles. The van der Waals surface area contributed by atoms with Gasteiger partial charge in [0.15, 0.2) is 0 Å². The highest BCUT2D eigenvalue weighted by atomic mass is 16.5. The highest BCUT2D eigenvalue weighted by molar-refractivity contribution is 6.11. The number of hydrogen-bond donors (Lipinski definition) is 2. The van der Waals surface area contributed by atoms with Crippen molar-refractivity contribution in [2.45, 2.75) is 0 Å². The number of anilines is 2. The van der Waals surface area contributed by atoms with Gasteiger partial charge >= 0.3 is 0 Å². The van der Waals surface area contributed by atoms with Gasteiger partial charge in [0.1, 0.15) is 17.8 Å². The molecule has 136 valence electrons. The molecule has 0 bridgehead atoms. The number of nitrogens with two attached hydrogens (primary N) is 2. The van der Waals surface area contributed by atoms with Gasteiger partial charge in [-0.1, -0.05) is 6.07 Å². The molecule has 4 N–H and O–H groups in total. The molecule has 0 spiro atoms. The van der Waals surface area contributed by atoms with Crippen LogP contribution in [0.15, 0.2) is 55.1 Å². The van der Waals surface area contributed by atoms with Gasteiger partial charge in [-0.05, 0) is 35.4 Å². The van der Waals surface area contributed by atoms with Crippen molar-refractivity contribution in [1.29, 1.82) is 0 Å². The molecule has 0 amide bonds. The van der Waals surface area contributed by atoms with E-state index >= 15 is 0 Å². The minimum atomic E-state index is 0.528. The summed E-state index contributed by atoms with van der Waals surface area (Å²) in [5.74, 6) is 0.843. The lowest BCUT2D eigenvalue weighted by atomic mass is 9.98. The predicted molar refractivity (Wildman–Crippen MR) is 104 cm³/mol. The Morgan fingerprint density at radius 2 is 1.78 bits per heavy atom. The lowest BCUT2D eigenvalue weighted by molar-refractivity contribution is -0.111. The van der Waals surface area contributed by atoms with Gasteiger partial charge < -0.3 is 15.4 Å². The fourth-order valence-corrected chi connectivity index (χ4v) is 3.11. The maximum Gasteiger partial charge on any atom is 0.232 e. The van der Waals surface area contributed by atoms with Crippen molar-refractivity contribution in [3.63, 3.8) is 0 Å². The summed E-state index contributed by atoms with van der Waals surface area (Å²) in [7, 11) is 0. The van der Waals surface area contributed by atoms with Gasteiger partial charge in [0.2, 0.25) is 5.71 Å². The average Bonchev–Trinajstić information content (AvgIpc) is 2.75. The Morgan fingerprint density at radius 3 is 2.56 bits per heavy atom. The normalized spacial score (nSPS) is 14.1. The largest absolute Gasteiger partial charge is 0.398 e. The lowest BCUT2D eigenvalue weighted by Gasteiger charge is -2.27. The summed E-state index contributed by atoms with van der Waals surface area (Å²) >= 11 is 0. The minimum Gasteiger partial charge on any atom is -0.398 e. The highest BCUT2D eigenvalue weighted by Crippen LogP contribution is 2.25. The molecule has 1 aliphatic rings. The first-order valence-corrected chi connectivity index (χ1v) is 8.80. The van der Waals surface area contributed by atoms with Crippen molar-refractivity contribution in [2.75, 3.05) is 36.9 Å². The summed E-state index contributed by atoms with van der Waals surface area (Å²) in [4.78, 5) is 15.0. The monoisotopic (exact) mass is 361 g/mol. The smallest absolute Gasteiger partial charge is 0.232 e. The predicted octanol–water partition coefficient (Wildman–Crippen LogP) is 0.554. The molecule has 1 aliphatic heterocycles. The zero-order valence-electron chi connectivity index (χ0n) is 14.9. The van der Waals surface area contributed by atoms with Gasteiger partial charge in [-0.25, -0.2) is 9.97 Å². The molecule has 0 atom stereocenters. The first kappa shape index (κ1) is 17.1. The van der Waals surface area contributed by atoms with Crippen molar-refractivity contribution in [3.8, 4) is 11.1 Å². The fourth-order valence-electron chi connectivity index (χ4n) is 3.11. The van der Waals surface area contributed by atoms with Crippen LogP contribution < -0.4 is 16.0 Å². The maximum atomic E-state index is 6.45. The average molecular weight is 361 g/mol. The van der Waals surface area contributed by atoms with Crippen LogP contribution >= 0.6 is 0 Å². The maximum absolute atomic E-state index is 6.45. The standard InChI is InChI=1S/C20H20N6O/c21-17-2-1-15(14-3-5-23-6-4-14)11-16(17)20(22)18-12-19(25-13-24-18)26-7-9-27-10-8-26/h1-6,11-13,22H,7-10,21H2/p+1. The fraction of sp³-hybridized carbons (Fsp3) is 0.200. The highest BCUT2D eigenvalue weighted by Gasteiger charge is 2.19. The summed E-state index contributed by atoms with van der Waals surface area (Å²) in [5, 5.41) is 6.45. The zero-order valence-corrected chi connectivity index (χ0v) is 14.9. The molecule has 1 fully saturated rings. The quantitative estimate of drug-likeness (QED) is 0.520. The molecule has 4 rings (SSSR count). The molecule has 7 nitrogen and oxygen atoms in total. The summed E-state index contributed by atoms with van der Waals surface area (Å²) in [6.07, 6.45) is 5.06. The number of rotatable bonds is 4. The number of benzene rings is 1. The summed E-state index contributed by atoms with van der Waals surface area (Å²) in [5.41, 5.74) is 10.8. The van der Waals surface area contributed by atoms with E-state index in [-0.39, 0.29) is 0 Å². The van der Waals surface area contributed by atoms with E-state index in [9.17, 15) is 0 Å². The molecule has 0 saturated carbocycles. The number of aromatic nitrogens is 3. The minimum absolute atomic E-state index is 0.528. The van der Waals surface area contributed by atoms with E-state index in [1.807, 2.05) is 36.4 Å². The van der Waals surface area contributed by atoms with Crippen molar-refractivity contribution in [3.05, 3.63) is 66.4 Å². The molecule has 2 aromatic heterocycles. The van der Waals surface area contributed by atoms with Crippen LogP contribution in [0.5, 0.6) is 0 Å². The molecule has 1 saturated heterocycles. The third kappa shape index (κ3) is 3.63. The number of nitrogens with zero attached hydrogens (tertiary/aromatic N) is 4. The molecular weight excluding hydrogens is 340 g/mol. The van der Waals surface area contributed by atoms with Crippen LogP contribution in [0.2, 0.25) is 0 Å². The number of ether oxygens (including phenoxy) is 1. The van der Waals surface area contributed by atoms with E-state index < -0.39 is 0 Å². The van der Waals surface area contributed by atoms with E-state index in [0.717, 1.165) is 35.6 Å². The molecule has 0 unspecified atom stereocenters. The molecule has 7 heteroatoms. The van der Waals surface area contributed by atoms with Crippen molar-refractivity contribution < 1.29 is 10.1 Å². The Morgan fingerprint density at radius 1 is 1.00 bits per heavy atom. The lowest BCUT2D eigenvalue weighted by Crippen LogP contribution is -2.42. The third-order valence-corrected chi connectivity index (χ3v) is 4.62. The Hall–Kier alpha value is -3.32. The van der Waals surface area contributed by atoms with Gasteiger partial charge in [0.05, 0.1) is 18.8 Å². The van der Waals surface area contributed by atoms with E-state index in [0.29, 0.717) is 30.3 Å². The Labute approximate surface area is 157 Å². The third-order valence-electron chi connectivity index (χ3n) is 4.62. The second-order valence-electron chi connectivity index (χ2n) is 6.31. The SMILES string of the molecule is Nc1ccc(-c2ccncc2)cc1C(=[NH2+])c1cc(N2CCOCC2)ncn1. The second-order valence-corrected chi connectivity index (χ2v) is 6.31. The van der Waals surface area contributed by atoms with Crippen LogP contribution in [0.3, 0.4) is 0 Å². The van der Waals surface area contributed by atoms with Crippen LogP contribution in [-0.2, 0) is 4.74 Å². The summed E-state index contributed by atoms with van der Waals surface area (Å²) in [6, 6.07) is 11.6. The van der Waals surface area contributed by atoms with Gasteiger partial charge in [0, 0.05) is 37.2 Å². The summed E-state index contributed by atoms with van der Waals surface area (Å²) in [6.45, 7) is 2.99. The van der Waals surface area contributed by atoms with E-state index in [2.05, 4.69) is 19.9 Å². The van der Waals surface area contributed by atoms with Crippen molar-refractivity contribution >= 4 is 17.2 Å². The molecule has 0 radical (unpaired) electrons. The first-order chi connectivity index (χ1) is 13.2. The second kappa shape index (κ2) is 7.51. The van der Waals surface area contributed by atoms with E-state index in [1.54, 1.807) is 12.4 Å². The van der Waals surface area contributed by atoms with Crippen LogP contribution in [0.1, 0.15) is 11.3 Å². The van der Waals surface area contributed by atoms with Crippen molar-refractivity contribution in [1.82, 2.24) is 15.0 Å². The van der Waals surface area contributed by atoms with Gasteiger partial charge in [-0.15, -0.1) is 0 Å². The van der Waals surface area contributed by atoms with Crippen LogP contribution in [0, 0.1) is 0 Å². The Balaban J connectivity index is 1.66. The zero-order chi connectivity index (χ0) is 18.6. The number of nitrogen functional groups attached to an aromatic ring is 1. The number of morpholine rings is 1. The van der Waals surface area contributed by atoms with Crippen LogP contribution in [0.25, 0.3) is 11.1 Å². The van der Waals surface area contributed by atoms with Gasteiger partial charge in [-0.3, -0.25) is 10.4 Å². The summed E-state index contributed by atoms with van der Waals surface area (Å²) < 4.78 is 5.40. The van der Waals surface area contributed by atoms with Gasteiger partial charge in [-0.2, -0.15) is 0 Å². The first-order valence-electron chi connectivity index (χ1n) is 8.80. The molecular formula is C20H21N6O+. The van der Waals surface area contributed by atoms with Crippen LogP contribution in [-0.4, -0.2) is 47.0 Å². The Bertz CT molecular complexity index is 954.